The molecule has 3 rings (SSSR count). The predicted molar refractivity (Wildman–Crippen MR) is 83.7 cm³/mol. The number of carbonyl (C=O) groups excluding carboxylic acids is 1. The Bertz CT molecular complexity index is 591. The van der Waals surface area contributed by atoms with Crippen LogP contribution in [-0.2, 0) is 11.3 Å². The van der Waals surface area contributed by atoms with Crippen LogP contribution in [0.5, 0.6) is 0 Å². The molecular formula is C16H18N2O2S. The van der Waals surface area contributed by atoms with Gasteiger partial charge in [-0.3, -0.25) is 0 Å². The molecule has 0 saturated heterocycles. The second kappa shape index (κ2) is 6.26. The summed E-state index contributed by atoms with van der Waals surface area (Å²) in [4.78, 5) is 18.4. The summed E-state index contributed by atoms with van der Waals surface area (Å²) in [5.41, 5.74) is 1.81. The molecule has 1 aliphatic carbocycles. The lowest BCUT2D eigenvalue weighted by atomic mass is 10.2. The van der Waals surface area contributed by atoms with Gasteiger partial charge in [0.05, 0.1) is 12.2 Å². The summed E-state index contributed by atoms with van der Waals surface area (Å²) < 4.78 is 4.98. The van der Waals surface area contributed by atoms with Crippen LogP contribution in [0.1, 0.15) is 35.7 Å². The van der Waals surface area contributed by atoms with E-state index in [9.17, 15) is 4.79 Å². The van der Waals surface area contributed by atoms with Gasteiger partial charge in [-0.25, -0.2) is 9.78 Å². The van der Waals surface area contributed by atoms with Gasteiger partial charge in [0.25, 0.3) is 0 Å². The fraction of sp³-hybridized carbons (Fsp3) is 0.375. The minimum atomic E-state index is -0.313. The molecule has 2 aromatic rings. The largest absolute Gasteiger partial charge is 0.462 e. The number of nitrogens with zero attached hydrogens (tertiary/aromatic N) is 2. The Hall–Kier alpha value is -1.88. The van der Waals surface area contributed by atoms with Gasteiger partial charge in [0.1, 0.15) is 5.82 Å². The zero-order valence-electron chi connectivity index (χ0n) is 12.0. The molecule has 1 saturated carbocycles. The van der Waals surface area contributed by atoms with E-state index in [1.54, 1.807) is 30.5 Å². The quantitative estimate of drug-likeness (QED) is 0.766. The number of rotatable bonds is 6. The highest BCUT2D eigenvalue weighted by Gasteiger charge is 2.30. The molecule has 110 valence electrons. The van der Waals surface area contributed by atoms with Gasteiger partial charge >= 0.3 is 5.97 Å². The average molecular weight is 302 g/mol. The van der Waals surface area contributed by atoms with Gasteiger partial charge in [0.15, 0.2) is 0 Å². The first-order valence-corrected chi connectivity index (χ1v) is 8.13. The highest BCUT2D eigenvalue weighted by atomic mass is 32.1. The molecular weight excluding hydrogens is 284 g/mol. The van der Waals surface area contributed by atoms with Crippen LogP contribution in [0.15, 0.2) is 35.2 Å². The van der Waals surface area contributed by atoms with Gasteiger partial charge in [0, 0.05) is 18.8 Å². The third kappa shape index (κ3) is 3.42. The first-order valence-electron chi connectivity index (χ1n) is 7.19. The highest BCUT2D eigenvalue weighted by molar-refractivity contribution is 7.07. The third-order valence-corrected chi connectivity index (χ3v) is 4.21. The Morgan fingerprint density at radius 2 is 2.29 bits per heavy atom. The number of carbonyl (C=O) groups is 1. The average Bonchev–Trinajstić information content (AvgIpc) is 3.22. The number of hydrogen-bond acceptors (Lipinski definition) is 5. The van der Waals surface area contributed by atoms with Crippen LogP contribution in [0.2, 0.25) is 0 Å². The fourth-order valence-corrected chi connectivity index (χ4v) is 2.91. The summed E-state index contributed by atoms with van der Waals surface area (Å²) in [7, 11) is 0. The molecule has 2 heterocycles. The van der Waals surface area contributed by atoms with Crippen molar-refractivity contribution in [3.8, 4) is 0 Å². The van der Waals surface area contributed by atoms with E-state index < -0.39 is 0 Å². The van der Waals surface area contributed by atoms with Crippen LogP contribution in [0.3, 0.4) is 0 Å². The molecule has 5 heteroatoms. The molecule has 0 unspecified atom stereocenters. The molecule has 0 bridgehead atoms. The Kier molecular flexibility index (Phi) is 4.20. The smallest absolute Gasteiger partial charge is 0.339 e. The van der Waals surface area contributed by atoms with Crippen LogP contribution in [0.25, 0.3) is 0 Å². The molecule has 0 amide bonds. The topological polar surface area (TPSA) is 42.4 Å². The van der Waals surface area contributed by atoms with Crippen LogP contribution in [0, 0.1) is 0 Å². The number of anilines is 1. The van der Waals surface area contributed by atoms with Gasteiger partial charge < -0.3 is 9.64 Å². The van der Waals surface area contributed by atoms with E-state index in [1.165, 1.54) is 18.4 Å². The van der Waals surface area contributed by atoms with Crippen molar-refractivity contribution in [3.63, 3.8) is 0 Å². The molecule has 2 aromatic heterocycles. The molecule has 21 heavy (non-hydrogen) atoms. The van der Waals surface area contributed by atoms with Crippen molar-refractivity contribution < 1.29 is 9.53 Å². The van der Waals surface area contributed by atoms with Crippen molar-refractivity contribution >= 4 is 23.1 Å². The molecule has 0 aromatic carbocycles. The molecule has 0 aliphatic heterocycles. The number of esters is 1. The van der Waals surface area contributed by atoms with E-state index in [-0.39, 0.29) is 5.97 Å². The summed E-state index contributed by atoms with van der Waals surface area (Å²) >= 11 is 1.71. The zero-order chi connectivity index (χ0) is 14.7. The maximum Gasteiger partial charge on any atom is 0.339 e. The van der Waals surface area contributed by atoms with Gasteiger partial charge in [-0.1, -0.05) is 0 Å². The zero-order valence-corrected chi connectivity index (χ0v) is 12.8. The van der Waals surface area contributed by atoms with Gasteiger partial charge in [-0.05, 0) is 54.3 Å². The molecule has 0 atom stereocenters. The maximum atomic E-state index is 11.7. The van der Waals surface area contributed by atoms with E-state index >= 15 is 0 Å². The first kappa shape index (κ1) is 14.1. The molecule has 1 aliphatic rings. The van der Waals surface area contributed by atoms with Crippen molar-refractivity contribution in [1.82, 2.24) is 4.98 Å². The predicted octanol–water partition coefficient (Wildman–Crippen LogP) is 3.49. The van der Waals surface area contributed by atoms with E-state index in [2.05, 4.69) is 26.7 Å². The summed E-state index contributed by atoms with van der Waals surface area (Å²) in [5, 5.41) is 4.26. The SMILES string of the molecule is CCOC(=O)c1ccc(N(Cc2ccsc2)C2CC2)nc1. The Balaban J connectivity index is 1.75. The summed E-state index contributed by atoms with van der Waals surface area (Å²) in [6.45, 7) is 3.06. The van der Waals surface area contributed by atoms with Crippen LogP contribution in [0.4, 0.5) is 5.82 Å². The third-order valence-electron chi connectivity index (χ3n) is 3.47. The number of aromatic nitrogens is 1. The molecule has 0 spiro atoms. The molecule has 4 nitrogen and oxygen atoms in total. The molecule has 0 radical (unpaired) electrons. The van der Waals surface area contributed by atoms with Crippen molar-refractivity contribution in [2.75, 3.05) is 11.5 Å². The van der Waals surface area contributed by atoms with Gasteiger partial charge in [0.2, 0.25) is 0 Å². The number of thiophene rings is 1. The van der Waals surface area contributed by atoms with E-state index in [4.69, 9.17) is 4.74 Å². The lowest BCUT2D eigenvalue weighted by Crippen LogP contribution is -2.25. The van der Waals surface area contributed by atoms with Crippen molar-refractivity contribution in [2.24, 2.45) is 0 Å². The standard InChI is InChI=1S/C16H18N2O2S/c1-2-20-16(19)13-3-6-15(17-9-13)18(14-4-5-14)10-12-7-8-21-11-12/h3,6-9,11,14H,2,4-5,10H2,1H3. The van der Waals surface area contributed by atoms with Gasteiger partial charge in [-0.2, -0.15) is 11.3 Å². The number of ether oxygens (including phenoxy) is 1. The number of hydrogen-bond donors (Lipinski definition) is 0. The first-order chi connectivity index (χ1) is 10.3. The van der Waals surface area contributed by atoms with Crippen molar-refractivity contribution in [1.29, 1.82) is 0 Å². The summed E-state index contributed by atoms with van der Waals surface area (Å²) in [6, 6.07) is 6.43. The van der Waals surface area contributed by atoms with Crippen molar-refractivity contribution in [2.45, 2.75) is 32.4 Å². The molecule has 0 N–H and O–H groups in total. The van der Waals surface area contributed by atoms with Crippen LogP contribution >= 0.6 is 11.3 Å². The summed E-state index contributed by atoms with van der Waals surface area (Å²) in [6.07, 6.45) is 4.03. The maximum absolute atomic E-state index is 11.7. The lowest BCUT2D eigenvalue weighted by Gasteiger charge is -2.23. The Labute approximate surface area is 128 Å². The monoisotopic (exact) mass is 302 g/mol. The van der Waals surface area contributed by atoms with Crippen molar-refractivity contribution in [3.05, 3.63) is 46.3 Å². The van der Waals surface area contributed by atoms with E-state index in [0.29, 0.717) is 18.2 Å². The van der Waals surface area contributed by atoms with E-state index in [0.717, 1.165) is 12.4 Å². The molecule has 1 fully saturated rings. The second-order valence-corrected chi connectivity index (χ2v) is 5.90. The second-order valence-electron chi connectivity index (χ2n) is 5.12. The minimum absolute atomic E-state index is 0.313. The van der Waals surface area contributed by atoms with Crippen LogP contribution < -0.4 is 4.90 Å². The minimum Gasteiger partial charge on any atom is -0.462 e. The van der Waals surface area contributed by atoms with Crippen LogP contribution in [-0.4, -0.2) is 23.6 Å². The summed E-state index contributed by atoms with van der Waals surface area (Å²) in [5.74, 6) is 0.615. The lowest BCUT2D eigenvalue weighted by molar-refractivity contribution is 0.0526. The van der Waals surface area contributed by atoms with E-state index in [1.807, 2.05) is 6.07 Å². The Morgan fingerprint density at radius 3 is 2.86 bits per heavy atom. The fourth-order valence-electron chi connectivity index (χ4n) is 2.25. The van der Waals surface area contributed by atoms with Gasteiger partial charge in [-0.15, -0.1) is 0 Å². The number of pyridine rings is 1. The normalized spacial score (nSPS) is 14.0. The Morgan fingerprint density at radius 1 is 1.43 bits per heavy atom. The highest BCUT2D eigenvalue weighted by Crippen LogP contribution is 2.32.